The summed E-state index contributed by atoms with van der Waals surface area (Å²) >= 11 is 15.9. The molecule has 11 rings (SSSR count). The Morgan fingerprint density at radius 3 is 1.69 bits per heavy atom. The molecule has 2 N–H and O–H groups in total. The number of halogens is 2. The predicted octanol–water partition coefficient (Wildman–Crippen LogP) is 7.72. The number of hydrogen-bond donors (Lipinski definition) is 2. The van der Waals surface area contributed by atoms with Crippen molar-refractivity contribution in [3.8, 4) is 0 Å². The van der Waals surface area contributed by atoms with E-state index in [4.69, 9.17) is 27.9 Å². The number of thiophene rings is 2. The summed E-state index contributed by atoms with van der Waals surface area (Å²) in [5, 5.41) is 11.6. The third kappa shape index (κ3) is 13.4. The van der Waals surface area contributed by atoms with E-state index in [1.165, 1.54) is 108 Å². The molecular weight excluding hydrogens is 938 g/mol. The fourth-order valence-electron chi connectivity index (χ4n) is 10.6. The van der Waals surface area contributed by atoms with Crippen molar-refractivity contribution in [3.63, 3.8) is 0 Å². The number of carbonyl (C=O) groups excluding carboxylic acids is 1. The summed E-state index contributed by atoms with van der Waals surface area (Å²) < 4.78 is 4.94. The van der Waals surface area contributed by atoms with Crippen LogP contribution in [-0.2, 0) is 48.1 Å². The molecule has 3 fully saturated rings. The first-order valence-electron chi connectivity index (χ1n) is 24.3. The zero-order valence-electron chi connectivity index (χ0n) is 40.5. The molecule has 5 aliphatic rings. The van der Waals surface area contributed by atoms with Gasteiger partial charge in [0.1, 0.15) is 34.0 Å². The van der Waals surface area contributed by atoms with Gasteiger partial charge in [0, 0.05) is 70.8 Å². The van der Waals surface area contributed by atoms with Crippen LogP contribution >= 0.6 is 45.9 Å². The molecule has 0 atom stereocenters. The number of rotatable bonds is 11. The van der Waals surface area contributed by atoms with Gasteiger partial charge in [-0.2, -0.15) is 0 Å². The van der Waals surface area contributed by atoms with E-state index in [0.29, 0.717) is 35.6 Å². The quantitative estimate of drug-likeness (QED) is 0.126. The van der Waals surface area contributed by atoms with E-state index in [1.807, 2.05) is 71.0 Å². The summed E-state index contributed by atoms with van der Waals surface area (Å²) in [5.74, 6) is 2.22. The average molecular weight is 1010 g/mol. The minimum atomic E-state index is 0. The summed E-state index contributed by atoms with van der Waals surface area (Å²) in [7, 11) is 4.21. The Morgan fingerprint density at radius 1 is 0.691 bits per heavy atom. The molecule has 68 heavy (non-hydrogen) atoms. The summed E-state index contributed by atoms with van der Waals surface area (Å²) in [6.07, 6.45) is 23.6. The molecule has 0 spiro atoms. The van der Waals surface area contributed by atoms with E-state index in [9.17, 15) is 4.79 Å². The Bertz CT molecular complexity index is 2580. The molecule has 6 aromatic rings. The Kier molecular flexibility index (Phi) is 19.9. The summed E-state index contributed by atoms with van der Waals surface area (Å²) in [6, 6.07) is 17.7. The molecule has 2 aromatic carbocycles. The van der Waals surface area contributed by atoms with E-state index in [1.54, 1.807) is 12.7 Å². The molecule has 10 nitrogen and oxygen atoms in total. The normalized spacial score (nSPS) is 20.5. The molecule has 16 heteroatoms. The Balaban J connectivity index is 0.000000198. The largest absolute Gasteiger partial charge is 1.00 e. The second-order valence-corrected chi connectivity index (χ2v) is 21.9. The molecule has 0 bridgehead atoms. The predicted molar refractivity (Wildman–Crippen MR) is 285 cm³/mol. The van der Waals surface area contributed by atoms with Crippen LogP contribution in [0.25, 0.3) is 20.4 Å². The number of amides is 1. The number of carbonyl (C=O) groups is 1. The molecule has 4 aromatic heterocycles. The first-order chi connectivity index (χ1) is 32.3. The van der Waals surface area contributed by atoms with Crippen molar-refractivity contribution in [1.29, 1.82) is 0 Å². The second kappa shape index (κ2) is 25.6. The molecule has 0 unspecified atom stereocenters. The van der Waals surface area contributed by atoms with Crippen LogP contribution in [0.5, 0.6) is 0 Å². The number of nitrogens with zero attached hydrogens (tertiary/aromatic N) is 6. The molecule has 1 saturated heterocycles. The molecule has 0 radical (unpaired) electrons. The molecule has 4 aliphatic carbocycles. The second-order valence-electron chi connectivity index (χ2n) is 18.8. The van der Waals surface area contributed by atoms with Crippen molar-refractivity contribution in [2.24, 2.45) is 0 Å². The van der Waals surface area contributed by atoms with E-state index in [0.717, 1.165) is 90.2 Å². The van der Waals surface area contributed by atoms with Gasteiger partial charge in [-0.15, -0.1) is 22.7 Å². The van der Waals surface area contributed by atoms with Crippen molar-refractivity contribution in [2.45, 2.75) is 140 Å². The Hall–Kier alpha value is -2.78. The molecule has 358 valence electrons. The van der Waals surface area contributed by atoms with Gasteiger partial charge in [-0.25, -0.2) is 19.9 Å². The van der Waals surface area contributed by atoms with Gasteiger partial charge in [0.2, 0.25) is 5.91 Å². The van der Waals surface area contributed by atoms with Gasteiger partial charge in [0.15, 0.2) is 17.4 Å². The number of ether oxygens (including phenoxy) is 1. The number of likely N-dealkylation sites (N-methyl/N-ethyl adjacent to an activating group) is 2. The van der Waals surface area contributed by atoms with Gasteiger partial charge >= 0.3 is 18.9 Å². The first-order valence-corrected chi connectivity index (χ1v) is 26.7. The van der Waals surface area contributed by atoms with Crippen LogP contribution in [0.3, 0.4) is 0 Å². The molecule has 5 heterocycles. The standard InChI is InChI=1S/C24H27ClN4OS.C24H29ClN4S.C4H8O.Al.Li.4H/c1-29(21(30)13-15-4-2-5-16(25)12-15)18-10-8-17(9-11-18)28-23-22-19-6-3-7-20(19)31-24(22)27-14-26-23;1-29(13-12-16-4-2-5-17(25)14-16)19-10-8-18(9-11-19)28-23-22-20-6-3-7-21(20)30-24(22)27-15-26-23;1-2-4-5-3-1;;;;;;/h2,4-5,12,14,17-18H,3,6-11,13H2,1H3,(H,26,27,28);2,4-5,14-15,18-19H,3,6-13H2,1H3,(H,26,27,28);1-4H2;;;;;;/q;;;;+1;;;;-1. The molecule has 2 saturated carbocycles. The van der Waals surface area contributed by atoms with E-state index in [2.05, 4.69) is 54.6 Å². The van der Waals surface area contributed by atoms with Gasteiger partial charge in [0.25, 0.3) is 0 Å². The van der Waals surface area contributed by atoms with Gasteiger partial charge < -0.3 is 26.6 Å². The van der Waals surface area contributed by atoms with Crippen LogP contribution < -0.4 is 29.5 Å². The van der Waals surface area contributed by atoms with Crippen molar-refractivity contribution < 1.29 is 29.8 Å². The smallest absolute Gasteiger partial charge is 1.00 e. The fraction of sp³-hybridized carbons (Fsp3) is 0.519. The zero-order chi connectivity index (χ0) is 45.4. The van der Waals surface area contributed by atoms with Gasteiger partial charge in [0.05, 0.1) is 17.2 Å². The monoisotopic (exact) mass is 1000 g/mol. The summed E-state index contributed by atoms with van der Waals surface area (Å²) in [6.45, 7) is 3.08. The SMILES string of the molecule is C1CCOC1.CN(C(=O)Cc1cccc(Cl)c1)C1CCC(Nc2ncnc3sc4c(c23)CCC4)CC1.CN(CCc1cccc(Cl)c1)C1CCC(Nc2ncnc3sc4c(c23)CCC4)CC1.[AlH3].[H-].[Li+]. The van der Waals surface area contributed by atoms with Crippen LogP contribution in [0.1, 0.15) is 110 Å². The van der Waals surface area contributed by atoms with Crippen molar-refractivity contribution in [2.75, 3.05) is 44.5 Å². The molecular formula is C52H68AlCl2LiN8O2S2. The van der Waals surface area contributed by atoms with Crippen molar-refractivity contribution >= 4 is 101 Å². The van der Waals surface area contributed by atoms with Gasteiger partial charge in [-0.1, -0.05) is 47.5 Å². The number of fused-ring (bicyclic) bond motifs is 6. The maximum Gasteiger partial charge on any atom is 1.00 e. The number of hydrogen-bond acceptors (Lipinski definition) is 11. The Labute approximate surface area is 444 Å². The fourth-order valence-corrected chi connectivity index (χ4v) is 13.5. The summed E-state index contributed by atoms with van der Waals surface area (Å²) in [4.78, 5) is 40.8. The van der Waals surface area contributed by atoms with E-state index < -0.39 is 0 Å². The maximum absolute atomic E-state index is 12.8. The van der Waals surface area contributed by atoms with Crippen LogP contribution in [0.15, 0.2) is 61.2 Å². The van der Waals surface area contributed by atoms with Crippen molar-refractivity contribution in [3.05, 3.63) is 103 Å². The van der Waals surface area contributed by atoms with Crippen LogP contribution in [-0.4, -0.2) is 111 Å². The van der Waals surface area contributed by atoms with E-state index >= 15 is 0 Å². The van der Waals surface area contributed by atoms with Crippen LogP contribution in [0.2, 0.25) is 10.0 Å². The third-order valence-corrected chi connectivity index (χ3v) is 17.2. The molecule has 1 amide bonds. The molecule has 1 aliphatic heterocycles. The first kappa shape index (κ1) is 53.0. The third-order valence-electron chi connectivity index (χ3n) is 14.4. The van der Waals surface area contributed by atoms with Gasteiger partial charge in [-0.05, 0) is 163 Å². The minimum Gasteiger partial charge on any atom is -1.00 e. The summed E-state index contributed by atoms with van der Waals surface area (Å²) in [5.41, 5.74) is 5.26. The number of benzene rings is 2. The van der Waals surface area contributed by atoms with Crippen LogP contribution in [0.4, 0.5) is 11.6 Å². The number of anilines is 2. The number of nitrogens with one attached hydrogen (secondary N) is 2. The number of aromatic nitrogens is 4. The minimum absolute atomic E-state index is 0. The number of aryl methyl sites for hydroxylation is 4. The van der Waals surface area contributed by atoms with E-state index in [-0.39, 0.29) is 43.6 Å². The van der Waals surface area contributed by atoms with Crippen molar-refractivity contribution in [1.82, 2.24) is 29.7 Å². The topological polar surface area (TPSA) is 108 Å². The van der Waals surface area contributed by atoms with Crippen LogP contribution in [0, 0.1) is 0 Å². The average Bonchev–Trinajstić information content (AvgIpc) is 4.19. The Morgan fingerprint density at radius 2 is 1.19 bits per heavy atom. The van der Waals surface area contributed by atoms with Gasteiger partial charge in [-0.3, -0.25) is 4.79 Å². The maximum atomic E-state index is 12.8. The zero-order valence-corrected chi connectivity index (χ0v) is 42.6.